The van der Waals surface area contributed by atoms with Crippen LogP contribution in [-0.2, 0) is 24.2 Å². The Morgan fingerprint density at radius 2 is 1.95 bits per heavy atom. The highest BCUT2D eigenvalue weighted by molar-refractivity contribution is 7.91. The van der Waals surface area contributed by atoms with Crippen molar-refractivity contribution < 1.29 is 27.5 Å². The van der Waals surface area contributed by atoms with Gasteiger partial charge >= 0.3 is 12.0 Å². The maximum atomic E-state index is 11.5. The average molecular weight is 320 g/mol. The van der Waals surface area contributed by atoms with Crippen molar-refractivity contribution in [3.8, 4) is 0 Å². The molecule has 1 aliphatic rings. The summed E-state index contributed by atoms with van der Waals surface area (Å²) in [5.41, 5.74) is 0. The molecule has 0 aromatic rings. The van der Waals surface area contributed by atoms with E-state index in [9.17, 15) is 22.8 Å². The Morgan fingerprint density at radius 1 is 1.29 bits per heavy atom. The molecule has 1 heterocycles. The van der Waals surface area contributed by atoms with Crippen LogP contribution in [0.1, 0.15) is 26.7 Å². The molecule has 0 spiro atoms. The molecule has 0 unspecified atom stereocenters. The summed E-state index contributed by atoms with van der Waals surface area (Å²) in [6.45, 7) is 2.91. The van der Waals surface area contributed by atoms with E-state index in [0.717, 1.165) is 0 Å². The molecule has 21 heavy (non-hydrogen) atoms. The van der Waals surface area contributed by atoms with Crippen molar-refractivity contribution in [3.63, 3.8) is 0 Å². The second kappa shape index (κ2) is 7.39. The van der Waals surface area contributed by atoms with E-state index in [1.165, 1.54) is 0 Å². The van der Waals surface area contributed by atoms with Crippen LogP contribution in [0.15, 0.2) is 0 Å². The van der Waals surface area contributed by atoms with Gasteiger partial charge in [-0.2, -0.15) is 0 Å². The maximum Gasteiger partial charge on any atom is 0.321 e. The minimum absolute atomic E-state index is 0.0227. The first-order valence-corrected chi connectivity index (χ1v) is 8.46. The van der Waals surface area contributed by atoms with E-state index in [0.29, 0.717) is 6.42 Å². The number of ether oxygens (including phenoxy) is 1. The van der Waals surface area contributed by atoms with Gasteiger partial charge in [-0.25, -0.2) is 13.2 Å². The number of carbonyl (C=O) groups is 3. The van der Waals surface area contributed by atoms with E-state index in [-0.39, 0.29) is 29.9 Å². The van der Waals surface area contributed by atoms with Gasteiger partial charge in [0.1, 0.15) is 0 Å². The number of carbonyl (C=O) groups excluding carboxylic acids is 3. The molecule has 1 aliphatic heterocycles. The van der Waals surface area contributed by atoms with Crippen LogP contribution in [0.25, 0.3) is 0 Å². The Morgan fingerprint density at radius 3 is 2.48 bits per heavy atom. The van der Waals surface area contributed by atoms with E-state index in [4.69, 9.17) is 4.74 Å². The molecular weight excluding hydrogens is 300 g/mol. The van der Waals surface area contributed by atoms with Crippen molar-refractivity contribution in [1.29, 1.82) is 0 Å². The molecule has 9 heteroatoms. The largest absolute Gasteiger partial charge is 0.456 e. The van der Waals surface area contributed by atoms with Crippen molar-refractivity contribution in [2.24, 2.45) is 5.92 Å². The molecular formula is C12H20N2O6S. The number of hydrogen-bond acceptors (Lipinski definition) is 6. The van der Waals surface area contributed by atoms with Crippen LogP contribution < -0.4 is 10.6 Å². The third-order valence-corrected chi connectivity index (χ3v) is 4.66. The fourth-order valence-corrected chi connectivity index (χ4v) is 3.80. The standard InChI is InChI=1S/C12H20N2O6S/c1-8(2)13-12(17)14-10(15)6-20-11(16)5-9-3-4-21(18,19)7-9/h8-9H,3-7H2,1-2H3,(H2,13,14,15,17)/t9-/m0/s1. The van der Waals surface area contributed by atoms with Crippen molar-refractivity contribution in [2.45, 2.75) is 32.7 Å². The summed E-state index contributed by atoms with van der Waals surface area (Å²) in [6, 6.07) is -0.780. The molecule has 0 aromatic heterocycles. The molecule has 0 aliphatic carbocycles. The third kappa shape index (κ3) is 7.07. The lowest BCUT2D eigenvalue weighted by Crippen LogP contribution is -2.44. The van der Waals surface area contributed by atoms with Gasteiger partial charge in [-0.05, 0) is 26.2 Å². The SMILES string of the molecule is CC(C)NC(=O)NC(=O)COC(=O)C[C@@H]1CCS(=O)(=O)C1. The molecule has 0 saturated carbocycles. The molecule has 1 saturated heterocycles. The zero-order chi connectivity index (χ0) is 16.0. The van der Waals surface area contributed by atoms with Crippen molar-refractivity contribution in [1.82, 2.24) is 10.6 Å². The highest BCUT2D eigenvalue weighted by atomic mass is 32.2. The number of imide groups is 1. The van der Waals surface area contributed by atoms with Gasteiger partial charge in [0, 0.05) is 12.5 Å². The fraction of sp³-hybridized carbons (Fsp3) is 0.750. The summed E-state index contributed by atoms with van der Waals surface area (Å²) in [7, 11) is -3.04. The summed E-state index contributed by atoms with van der Waals surface area (Å²) < 4.78 is 27.2. The summed E-state index contributed by atoms with van der Waals surface area (Å²) in [6.07, 6.45) is 0.394. The van der Waals surface area contributed by atoms with Gasteiger partial charge < -0.3 is 10.1 Å². The first-order chi connectivity index (χ1) is 9.68. The van der Waals surface area contributed by atoms with Gasteiger partial charge in [0.15, 0.2) is 16.4 Å². The Kier molecular flexibility index (Phi) is 6.13. The Labute approximate surface area is 123 Å². The highest BCUT2D eigenvalue weighted by Crippen LogP contribution is 2.21. The second-order valence-electron chi connectivity index (χ2n) is 5.31. The van der Waals surface area contributed by atoms with Crippen LogP contribution >= 0.6 is 0 Å². The second-order valence-corrected chi connectivity index (χ2v) is 7.54. The van der Waals surface area contributed by atoms with Crippen molar-refractivity contribution in [3.05, 3.63) is 0 Å². The average Bonchev–Trinajstić information content (AvgIpc) is 2.64. The van der Waals surface area contributed by atoms with Gasteiger partial charge in [-0.3, -0.25) is 14.9 Å². The van der Waals surface area contributed by atoms with Gasteiger partial charge in [0.2, 0.25) is 0 Å². The topological polar surface area (TPSA) is 119 Å². The van der Waals surface area contributed by atoms with E-state index in [2.05, 4.69) is 5.32 Å². The van der Waals surface area contributed by atoms with Crippen molar-refractivity contribution in [2.75, 3.05) is 18.1 Å². The quantitative estimate of drug-likeness (QED) is 0.665. The number of amides is 3. The number of urea groups is 1. The number of nitrogens with one attached hydrogen (secondary N) is 2. The molecule has 120 valence electrons. The zero-order valence-corrected chi connectivity index (χ0v) is 12.9. The minimum Gasteiger partial charge on any atom is -0.456 e. The monoisotopic (exact) mass is 320 g/mol. The van der Waals surface area contributed by atoms with Gasteiger partial charge in [-0.15, -0.1) is 0 Å². The summed E-state index contributed by atoms with van der Waals surface area (Å²) in [5, 5.41) is 4.46. The zero-order valence-electron chi connectivity index (χ0n) is 12.0. The summed E-state index contributed by atoms with van der Waals surface area (Å²) in [5.74, 6) is -1.57. The molecule has 1 atom stereocenters. The van der Waals surface area contributed by atoms with E-state index >= 15 is 0 Å². The molecule has 0 aromatic carbocycles. The molecule has 0 bridgehead atoms. The predicted molar refractivity (Wildman–Crippen MR) is 74.1 cm³/mol. The van der Waals surface area contributed by atoms with Crippen LogP contribution in [0.4, 0.5) is 4.79 Å². The first kappa shape index (κ1) is 17.4. The lowest BCUT2D eigenvalue weighted by Gasteiger charge is -2.10. The van der Waals surface area contributed by atoms with Crippen LogP contribution in [0.5, 0.6) is 0 Å². The predicted octanol–water partition coefficient (Wildman–Crippen LogP) is -0.411. The molecule has 8 nitrogen and oxygen atoms in total. The van der Waals surface area contributed by atoms with E-state index in [1.807, 2.05) is 5.32 Å². The number of hydrogen-bond donors (Lipinski definition) is 2. The smallest absolute Gasteiger partial charge is 0.321 e. The Balaban J connectivity index is 2.24. The molecule has 0 radical (unpaired) electrons. The normalized spacial score (nSPS) is 20.0. The highest BCUT2D eigenvalue weighted by Gasteiger charge is 2.30. The number of sulfone groups is 1. The Bertz CT molecular complexity index is 514. The van der Waals surface area contributed by atoms with Crippen LogP contribution in [-0.4, -0.2) is 50.5 Å². The lowest BCUT2D eigenvalue weighted by molar-refractivity contribution is -0.149. The summed E-state index contributed by atoms with van der Waals surface area (Å²) >= 11 is 0. The van der Waals surface area contributed by atoms with Gasteiger partial charge in [-0.1, -0.05) is 0 Å². The molecule has 1 fully saturated rings. The Hall–Kier alpha value is -1.64. The van der Waals surface area contributed by atoms with Crippen molar-refractivity contribution >= 4 is 27.7 Å². The van der Waals surface area contributed by atoms with E-state index < -0.39 is 34.4 Å². The third-order valence-electron chi connectivity index (χ3n) is 2.82. The maximum absolute atomic E-state index is 11.5. The summed E-state index contributed by atoms with van der Waals surface area (Å²) in [4.78, 5) is 34.0. The number of rotatable bonds is 5. The molecule has 2 N–H and O–H groups in total. The lowest BCUT2D eigenvalue weighted by atomic mass is 10.1. The first-order valence-electron chi connectivity index (χ1n) is 6.64. The van der Waals surface area contributed by atoms with Crippen LogP contribution in [0, 0.1) is 5.92 Å². The van der Waals surface area contributed by atoms with Gasteiger partial charge in [0.25, 0.3) is 5.91 Å². The molecule has 1 rings (SSSR count). The van der Waals surface area contributed by atoms with Crippen LogP contribution in [0.3, 0.4) is 0 Å². The molecule has 3 amide bonds. The number of esters is 1. The minimum atomic E-state index is -3.04. The van der Waals surface area contributed by atoms with E-state index in [1.54, 1.807) is 13.8 Å². The van der Waals surface area contributed by atoms with Crippen LogP contribution in [0.2, 0.25) is 0 Å². The van der Waals surface area contributed by atoms with Gasteiger partial charge in [0.05, 0.1) is 11.5 Å². The fourth-order valence-electron chi connectivity index (χ4n) is 1.93.